The molecule has 2 N–H and O–H groups in total. The summed E-state index contributed by atoms with van der Waals surface area (Å²) in [5, 5.41) is 12.9. The number of carbonyl (C=O) groups excluding carboxylic acids is 1. The summed E-state index contributed by atoms with van der Waals surface area (Å²) < 4.78 is 5.43. The lowest BCUT2D eigenvalue weighted by molar-refractivity contribution is -0.00298. The average Bonchev–Trinajstić information content (AvgIpc) is 2.28. The molecule has 19 heavy (non-hydrogen) atoms. The summed E-state index contributed by atoms with van der Waals surface area (Å²) in [5.41, 5.74) is -1.30. The zero-order chi connectivity index (χ0) is 14.7. The fourth-order valence-electron chi connectivity index (χ4n) is 1.44. The van der Waals surface area contributed by atoms with Gasteiger partial charge in [-0.25, -0.2) is 0 Å². The van der Waals surface area contributed by atoms with Gasteiger partial charge in [-0.1, -0.05) is 12.1 Å². The molecule has 4 heteroatoms. The molecule has 0 bridgehead atoms. The molecule has 0 unspecified atom stereocenters. The number of aliphatic hydroxyl groups is 1. The van der Waals surface area contributed by atoms with Gasteiger partial charge in [-0.15, -0.1) is 0 Å². The van der Waals surface area contributed by atoms with Gasteiger partial charge in [0.1, 0.15) is 5.75 Å². The molecular formula is C15H23NO3. The molecule has 0 atom stereocenters. The summed E-state index contributed by atoms with van der Waals surface area (Å²) in [6, 6.07) is 7.08. The Balaban J connectivity index is 2.96. The summed E-state index contributed by atoms with van der Waals surface area (Å²) >= 11 is 0. The highest BCUT2D eigenvalue weighted by Gasteiger charge is 2.36. The molecule has 0 fully saturated rings. The number of carbonyl (C=O) groups is 1. The van der Waals surface area contributed by atoms with Crippen LogP contribution >= 0.6 is 0 Å². The molecule has 4 nitrogen and oxygen atoms in total. The second-order valence-corrected chi connectivity index (χ2v) is 5.57. The predicted octanol–water partition coefficient (Wildman–Crippen LogP) is 2.36. The smallest absolute Gasteiger partial charge is 0.255 e. The van der Waals surface area contributed by atoms with Gasteiger partial charge in [-0.2, -0.15) is 0 Å². The molecule has 0 saturated heterocycles. The van der Waals surface area contributed by atoms with Gasteiger partial charge in [0.15, 0.2) is 0 Å². The SMILES string of the molecule is CCOc1ccccc1C(=O)NC(C)(C)C(C)(C)O. The highest BCUT2D eigenvalue weighted by atomic mass is 16.5. The van der Waals surface area contributed by atoms with Crippen LogP contribution in [-0.2, 0) is 0 Å². The third kappa shape index (κ3) is 3.70. The third-order valence-corrected chi connectivity index (χ3v) is 3.39. The fourth-order valence-corrected chi connectivity index (χ4v) is 1.44. The van der Waals surface area contributed by atoms with E-state index in [0.29, 0.717) is 17.9 Å². The minimum absolute atomic E-state index is 0.254. The molecule has 1 aromatic rings. The largest absolute Gasteiger partial charge is 0.493 e. The van der Waals surface area contributed by atoms with E-state index in [1.807, 2.05) is 13.0 Å². The van der Waals surface area contributed by atoms with Crippen molar-refractivity contribution < 1.29 is 14.6 Å². The van der Waals surface area contributed by atoms with Crippen LogP contribution in [0.2, 0.25) is 0 Å². The molecule has 106 valence electrons. The molecule has 0 aromatic heterocycles. The standard InChI is InChI=1S/C15H23NO3/c1-6-19-12-10-8-7-9-11(12)13(17)16-14(2,3)15(4,5)18/h7-10,18H,6H2,1-5H3,(H,16,17). The van der Waals surface area contributed by atoms with E-state index in [-0.39, 0.29) is 5.91 Å². The van der Waals surface area contributed by atoms with Crippen molar-refractivity contribution in [3.8, 4) is 5.75 Å². The molecule has 1 amide bonds. The Bertz CT molecular complexity index is 447. The zero-order valence-electron chi connectivity index (χ0n) is 12.3. The van der Waals surface area contributed by atoms with Gasteiger partial charge >= 0.3 is 0 Å². The van der Waals surface area contributed by atoms with E-state index in [2.05, 4.69) is 5.32 Å². The number of ether oxygens (including phenoxy) is 1. The van der Waals surface area contributed by atoms with Gasteiger partial charge < -0.3 is 15.2 Å². The Morgan fingerprint density at radius 3 is 2.37 bits per heavy atom. The number of rotatable bonds is 5. The molecule has 0 aliphatic rings. The lowest BCUT2D eigenvalue weighted by atomic mass is 9.85. The van der Waals surface area contributed by atoms with Crippen LogP contribution in [0.15, 0.2) is 24.3 Å². The zero-order valence-corrected chi connectivity index (χ0v) is 12.3. The second kappa shape index (κ2) is 5.61. The summed E-state index contributed by atoms with van der Waals surface area (Å²) in [5.74, 6) is 0.297. The molecule has 0 heterocycles. The van der Waals surface area contributed by atoms with E-state index >= 15 is 0 Å². The van der Waals surface area contributed by atoms with E-state index in [1.54, 1.807) is 45.9 Å². The first-order chi connectivity index (χ1) is 8.69. The topological polar surface area (TPSA) is 58.6 Å². The molecule has 0 saturated carbocycles. The second-order valence-electron chi connectivity index (χ2n) is 5.57. The molecule has 1 aromatic carbocycles. The normalized spacial score (nSPS) is 12.1. The summed E-state index contributed by atoms with van der Waals surface area (Å²) in [6.07, 6.45) is 0. The van der Waals surface area contributed by atoms with E-state index in [9.17, 15) is 9.90 Å². The van der Waals surface area contributed by atoms with Gasteiger partial charge in [0.05, 0.1) is 23.3 Å². The van der Waals surface area contributed by atoms with Crippen molar-refractivity contribution in [1.82, 2.24) is 5.32 Å². The van der Waals surface area contributed by atoms with Crippen LogP contribution in [-0.4, -0.2) is 28.8 Å². The van der Waals surface area contributed by atoms with Gasteiger partial charge in [-0.05, 0) is 46.8 Å². The van der Waals surface area contributed by atoms with Crippen molar-refractivity contribution in [2.45, 2.75) is 45.8 Å². The molecule has 0 aliphatic carbocycles. The number of amides is 1. The van der Waals surface area contributed by atoms with Gasteiger partial charge in [0.25, 0.3) is 5.91 Å². The van der Waals surface area contributed by atoms with Crippen LogP contribution in [0.5, 0.6) is 5.75 Å². The van der Waals surface area contributed by atoms with Gasteiger partial charge in [-0.3, -0.25) is 4.79 Å². The van der Waals surface area contributed by atoms with Crippen LogP contribution in [0.25, 0.3) is 0 Å². The summed E-state index contributed by atoms with van der Waals surface area (Å²) in [4.78, 5) is 12.3. The quantitative estimate of drug-likeness (QED) is 0.859. The highest BCUT2D eigenvalue weighted by Crippen LogP contribution is 2.23. The highest BCUT2D eigenvalue weighted by molar-refractivity contribution is 5.97. The average molecular weight is 265 g/mol. The number of para-hydroxylation sites is 1. The Labute approximate surface area is 114 Å². The number of hydrogen-bond donors (Lipinski definition) is 2. The van der Waals surface area contributed by atoms with Crippen LogP contribution < -0.4 is 10.1 Å². The monoisotopic (exact) mass is 265 g/mol. The number of benzene rings is 1. The predicted molar refractivity (Wildman–Crippen MR) is 75.5 cm³/mol. The maximum absolute atomic E-state index is 12.3. The van der Waals surface area contributed by atoms with Gasteiger partial charge in [0, 0.05) is 0 Å². The summed E-state index contributed by atoms with van der Waals surface area (Å²) in [6.45, 7) is 9.28. The minimum Gasteiger partial charge on any atom is -0.493 e. The van der Waals surface area contributed by atoms with Crippen molar-refractivity contribution in [3.63, 3.8) is 0 Å². The number of hydrogen-bond acceptors (Lipinski definition) is 3. The number of nitrogens with one attached hydrogen (secondary N) is 1. The fraction of sp³-hybridized carbons (Fsp3) is 0.533. The maximum Gasteiger partial charge on any atom is 0.255 e. The van der Waals surface area contributed by atoms with Crippen LogP contribution in [0.4, 0.5) is 0 Å². The minimum atomic E-state index is -1.02. The first-order valence-corrected chi connectivity index (χ1v) is 6.45. The lowest BCUT2D eigenvalue weighted by Gasteiger charge is -2.38. The van der Waals surface area contributed by atoms with E-state index in [4.69, 9.17) is 4.74 Å². The molecule has 1 rings (SSSR count). The molecular weight excluding hydrogens is 242 g/mol. The van der Waals surface area contributed by atoms with E-state index < -0.39 is 11.1 Å². The summed E-state index contributed by atoms with van der Waals surface area (Å²) in [7, 11) is 0. The van der Waals surface area contributed by atoms with E-state index in [1.165, 1.54) is 0 Å². The molecule has 0 radical (unpaired) electrons. The Morgan fingerprint density at radius 1 is 1.26 bits per heavy atom. The van der Waals surface area contributed by atoms with E-state index in [0.717, 1.165) is 0 Å². The van der Waals surface area contributed by atoms with Crippen molar-refractivity contribution in [3.05, 3.63) is 29.8 Å². The van der Waals surface area contributed by atoms with Crippen molar-refractivity contribution in [1.29, 1.82) is 0 Å². The van der Waals surface area contributed by atoms with Crippen molar-refractivity contribution >= 4 is 5.91 Å². The van der Waals surface area contributed by atoms with Crippen LogP contribution in [0, 0.1) is 0 Å². The third-order valence-electron chi connectivity index (χ3n) is 3.39. The maximum atomic E-state index is 12.3. The van der Waals surface area contributed by atoms with Crippen molar-refractivity contribution in [2.75, 3.05) is 6.61 Å². The Kier molecular flexibility index (Phi) is 4.58. The Morgan fingerprint density at radius 2 is 1.84 bits per heavy atom. The molecule has 0 aliphatic heterocycles. The van der Waals surface area contributed by atoms with Crippen LogP contribution in [0.3, 0.4) is 0 Å². The van der Waals surface area contributed by atoms with Crippen molar-refractivity contribution in [2.24, 2.45) is 0 Å². The lowest BCUT2D eigenvalue weighted by Crippen LogP contribution is -2.57. The first kappa shape index (κ1) is 15.5. The molecule has 0 spiro atoms. The van der Waals surface area contributed by atoms with Gasteiger partial charge in [0.2, 0.25) is 0 Å². The first-order valence-electron chi connectivity index (χ1n) is 6.45. The van der Waals surface area contributed by atoms with Crippen LogP contribution in [0.1, 0.15) is 45.0 Å². The Hall–Kier alpha value is -1.55.